The second-order valence-electron chi connectivity index (χ2n) is 6.40. The van der Waals surface area contributed by atoms with E-state index in [4.69, 9.17) is 4.74 Å². The molecule has 2 aliphatic rings. The number of aliphatic hydroxyl groups excluding tert-OH is 1. The fraction of sp³-hybridized carbons (Fsp3) is 0.588. The largest absolute Gasteiger partial charge is 0.390 e. The molecule has 1 aliphatic carbocycles. The van der Waals surface area contributed by atoms with E-state index in [9.17, 15) is 18.7 Å². The summed E-state index contributed by atoms with van der Waals surface area (Å²) in [5.41, 5.74) is -0.00786. The van der Waals surface area contributed by atoms with Crippen molar-refractivity contribution in [1.29, 1.82) is 0 Å². The molecule has 0 radical (unpaired) electrons. The number of nitrogens with zero attached hydrogens (tertiary/aromatic N) is 1. The average molecular weight is 340 g/mol. The number of carbonyl (C=O) groups is 1. The molecule has 0 aromatic heterocycles. The Bertz CT molecular complexity index is 573. The van der Waals surface area contributed by atoms with E-state index in [0.29, 0.717) is 26.2 Å². The Morgan fingerprint density at radius 1 is 1.33 bits per heavy atom. The smallest absolute Gasteiger partial charge is 0.223 e. The second-order valence-corrected chi connectivity index (χ2v) is 6.40. The molecule has 2 N–H and O–H groups in total. The molecule has 0 spiro atoms. The number of ether oxygens (including phenoxy) is 1. The molecule has 1 saturated carbocycles. The molecule has 3 rings (SSSR count). The number of nitrogens with one attached hydrogen (secondary N) is 1. The molecule has 1 aliphatic heterocycles. The predicted octanol–water partition coefficient (Wildman–Crippen LogP) is 0.878. The van der Waals surface area contributed by atoms with E-state index < -0.39 is 29.6 Å². The molecule has 1 amide bonds. The van der Waals surface area contributed by atoms with Gasteiger partial charge in [-0.2, -0.15) is 0 Å². The number of aliphatic hydroxyl groups is 1. The van der Waals surface area contributed by atoms with Crippen molar-refractivity contribution >= 4 is 5.91 Å². The third-order valence-electron chi connectivity index (χ3n) is 4.58. The van der Waals surface area contributed by atoms with Crippen LogP contribution in [0.3, 0.4) is 0 Å². The molecule has 3 atom stereocenters. The first-order valence-electron chi connectivity index (χ1n) is 8.26. The molecule has 7 heteroatoms. The van der Waals surface area contributed by atoms with E-state index in [1.807, 2.05) is 0 Å². The van der Waals surface area contributed by atoms with E-state index in [2.05, 4.69) is 10.2 Å². The predicted molar refractivity (Wildman–Crippen MR) is 83.5 cm³/mol. The highest BCUT2D eigenvalue weighted by atomic mass is 19.1. The van der Waals surface area contributed by atoms with Gasteiger partial charge in [0.2, 0.25) is 5.91 Å². The summed E-state index contributed by atoms with van der Waals surface area (Å²) in [6, 6.07) is 3.73. The van der Waals surface area contributed by atoms with Crippen LogP contribution >= 0.6 is 0 Å². The van der Waals surface area contributed by atoms with E-state index in [0.717, 1.165) is 13.1 Å². The van der Waals surface area contributed by atoms with Crippen LogP contribution in [0.5, 0.6) is 0 Å². The monoisotopic (exact) mass is 340 g/mol. The maximum absolute atomic E-state index is 13.7. The van der Waals surface area contributed by atoms with Crippen LogP contribution in [0.4, 0.5) is 8.78 Å². The molecule has 2 fully saturated rings. The number of rotatable bonds is 6. The summed E-state index contributed by atoms with van der Waals surface area (Å²) in [5.74, 6) is -2.32. The molecule has 132 valence electrons. The molecule has 5 nitrogen and oxygen atoms in total. The number of β-amino-alcohol motifs (C(OH)–C–C–N with tert-alkyl or cyclic N) is 1. The van der Waals surface area contributed by atoms with Crippen molar-refractivity contribution in [3.05, 3.63) is 35.4 Å². The minimum atomic E-state index is -0.672. The third kappa shape index (κ3) is 4.09. The van der Waals surface area contributed by atoms with Gasteiger partial charge in [-0.05, 0) is 18.6 Å². The highest BCUT2D eigenvalue weighted by Gasteiger charge is 2.46. The first-order chi connectivity index (χ1) is 11.6. The number of halogens is 2. The van der Waals surface area contributed by atoms with Crippen molar-refractivity contribution in [2.45, 2.75) is 18.4 Å². The Morgan fingerprint density at radius 2 is 2.00 bits per heavy atom. The van der Waals surface area contributed by atoms with Crippen molar-refractivity contribution in [1.82, 2.24) is 10.2 Å². The van der Waals surface area contributed by atoms with Gasteiger partial charge in [-0.1, -0.05) is 6.07 Å². The van der Waals surface area contributed by atoms with Crippen LogP contribution < -0.4 is 5.32 Å². The Morgan fingerprint density at radius 3 is 2.67 bits per heavy atom. The van der Waals surface area contributed by atoms with Crippen molar-refractivity contribution in [2.24, 2.45) is 5.92 Å². The van der Waals surface area contributed by atoms with Crippen LogP contribution in [0.25, 0.3) is 0 Å². The van der Waals surface area contributed by atoms with Crippen molar-refractivity contribution in [2.75, 3.05) is 39.4 Å². The van der Waals surface area contributed by atoms with E-state index in [1.54, 1.807) is 0 Å². The Hall–Kier alpha value is -1.57. The Kier molecular flexibility index (Phi) is 5.43. The topological polar surface area (TPSA) is 61.8 Å². The molecule has 1 aromatic carbocycles. The molecular weight excluding hydrogens is 318 g/mol. The summed E-state index contributed by atoms with van der Waals surface area (Å²) in [6.45, 7) is 3.44. The van der Waals surface area contributed by atoms with Crippen LogP contribution in [0.15, 0.2) is 18.2 Å². The summed E-state index contributed by atoms with van der Waals surface area (Å²) < 4.78 is 32.7. The normalized spacial score (nSPS) is 25.3. The molecule has 1 saturated heterocycles. The van der Waals surface area contributed by atoms with Gasteiger partial charge in [-0.25, -0.2) is 8.78 Å². The second kappa shape index (κ2) is 7.55. The molecular formula is C17H22F2N2O3. The highest BCUT2D eigenvalue weighted by Crippen LogP contribution is 2.49. The molecule has 0 bridgehead atoms. The summed E-state index contributed by atoms with van der Waals surface area (Å²) in [5, 5.41) is 12.7. The van der Waals surface area contributed by atoms with Crippen molar-refractivity contribution in [3.63, 3.8) is 0 Å². The zero-order valence-corrected chi connectivity index (χ0v) is 13.4. The van der Waals surface area contributed by atoms with Crippen molar-refractivity contribution in [3.8, 4) is 0 Å². The molecule has 1 aromatic rings. The van der Waals surface area contributed by atoms with Gasteiger partial charge in [0.25, 0.3) is 0 Å². The molecule has 24 heavy (non-hydrogen) atoms. The molecule has 3 unspecified atom stereocenters. The zero-order valence-electron chi connectivity index (χ0n) is 13.4. The fourth-order valence-electron chi connectivity index (χ4n) is 3.16. The third-order valence-corrected chi connectivity index (χ3v) is 4.58. The van der Waals surface area contributed by atoms with E-state index >= 15 is 0 Å². The Labute approximate surface area is 139 Å². The first-order valence-corrected chi connectivity index (χ1v) is 8.26. The lowest BCUT2D eigenvalue weighted by Gasteiger charge is -2.28. The number of hydrogen-bond donors (Lipinski definition) is 2. The highest BCUT2D eigenvalue weighted by molar-refractivity contribution is 5.82. The lowest BCUT2D eigenvalue weighted by atomic mass is 10.1. The van der Waals surface area contributed by atoms with Gasteiger partial charge in [-0.3, -0.25) is 9.69 Å². The number of hydrogen-bond acceptors (Lipinski definition) is 4. The van der Waals surface area contributed by atoms with Gasteiger partial charge in [0.05, 0.1) is 19.3 Å². The minimum absolute atomic E-state index is 0.00786. The van der Waals surface area contributed by atoms with Gasteiger partial charge in [0.1, 0.15) is 11.6 Å². The number of carbonyl (C=O) groups excluding carboxylic acids is 1. The summed E-state index contributed by atoms with van der Waals surface area (Å²) >= 11 is 0. The van der Waals surface area contributed by atoms with Crippen LogP contribution in [0.1, 0.15) is 17.9 Å². The standard InChI is InChI=1S/C17H22F2N2O3/c18-14-2-1-3-15(19)16(14)12-8-13(12)17(23)20-9-11(22)10-21-4-6-24-7-5-21/h1-3,11-13,22H,4-10H2,(H,20,23). The lowest BCUT2D eigenvalue weighted by Crippen LogP contribution is -2.44. The van der Waals surface area contributed by atoms with Gasteiger partial charge in [-0.15, -0.1) is 0 Å². The average Bonchev–Trinajstić information content (AvgIpc) is 3.34. The van der Waals surface area contributed by atoms with Crippen LogP contribution in [-0.4, -0.2) is 61.4 Å². The summed E-state index contributed by atoms with van der Waals surface area (Å²) in [4.78, 5) is 14.2. The van der Waals surface area contributed by atoms with E-state index in [1.165, 1.54) is 18.2 Å². The Balaban J connectivity index is 1.45. The van der Waals surface area contributed by atoms with Gasteiger partial charge in [0, 0.05) is 43.6 Å². The number of benzene rings is 1. The first kappa shape index (κ1) is 17.3. The van der Waals surface area contributed by atoms with Gasteiger partial charge < -0.3 is 15.2 Å². The fourth-order valence-corrected chi connectivity index (χ4v) is 3.16. The maximum atomic E-state index is 13.7. The maximum Gasteiger partial charge on any atom is 0.223 e. The van der Waals surface area contributed by atoms with Crippen LogP contribution in [0, 0.1) is 17.6 Å². The van der Waals surface area contributed by atoms with Gasteiger partial charge in [0.15, 0.2) is 0 Å². The quantitative estimate of drug-likeness (QED) is 0.807. The summed E-state index contributed by atoms with van der Waals surface area (Å²) in [6.07, 6.45) is -0.238. The van der Waals surface area contributed by atoms with Crippen LogP contribution in [0.2, 0.25) is 0 Å². The number of amides is 1. The SMILES string of the molecule is O=C(NCC(O)CN1CCOCC1)C1CC1c1c(F)cccc1F. The van der Waals surface area contributed by atoms with Crippen molar-refractivity contribution < 1.29 is 23.4 Å². The van der Waals surface area contributed by atoms with Gasteiger partial charge >= 0.3 is 0 Å². The summed E-state index contributed by atoms with van der Waals surface area (Å²) in [7, 11) is 0. The van der Waals surface area contributed by atoms with Crippen LogP contribution in [-0.2, 0) is 9.53 Å². The van der Waals surface area contributed by atoms with E-state index in [-0.39, 0.29) is 18.0 Å². The minimum Gasteiger partial charge on any atom is -0.390 e. The molecule has 1 heterocycles. The number of morpholine rings is 1. The zero-order chi connectivity index (χ0) is 17.1. The lowest BCUT2D eigenvalue weighted by molar-refractivity contribution is -0.123.